The van der Waals surface area contributed by atoms with Crippen molar-refractivity contribution in [3.8, 4) is 0 Å². The van der Waals surface area contributed by atoms with E-state index in [1.165, 1.54) is 7.11 Å². The summed E-state index contributed by atoms with van der Waals surface area (Å²) in [6.45, 7) is 0.716. The smallest absolute Gasteiger partial charge is 0.468 e. The average Bonchev–Trinajstić information content (AvgIpc) is 3.73. The van der Waals surface area contributed by atoms with Gasteiger partial charge < -0.3 is 9.84 Å². The van der Waals surface area contributed by atoms with Crippen molar-refractivity contribution in [1.82, 2.24) is 4.90 Å². The van der Waals surface area contributed by atoms with E-state index in [0.717, 1.165) is 29.2 Å². The van der Waals surface area contributed by atoms with Gasteiger partial charge in [0.2, 0.25) is 0 Å². The molecule has 6 heteroatoms. The molecule has 4 fully saturated rings. The third-order valence-electron chi connectivity index (χ3n) is 8.46. The van der Waals surface area contributed by atoms with E-state index in [1.807, 2.05) is 94.2 Å². The number of rotatable bonds is 3. The molecule has 7 rings (SSSR count). The molecule has 1 N–H and O–H groups in total. The number of esters is 1. The molecule has 5 aliphatic rings. The third-order valence-corrected chi connectivity index (χ3v) is 8.46. The first-order chi connectivity index (χ1) is 17.6. The Bertz CT molecular complexity index is 1160. The van der Waals surface area contributed by atoms with E-state index < -0.39 is 23.0 Å². The number of nitrogens with zero attached hydrogens (tertiary/aromatic N) is 1. The van der Waals surface area contributed by atoms with Crippen LogP contribution in [0, 0.1) is 69.1 Å². The number of fused-ring (bicyclic) bond motifs is 3. The minimum Gasteiger partial charge on any atom is -0.468 e. The quantitative estimate of drug-likeness (QED) is 0.475. The van der Waals surface area contributed by atoms with E-state index in [4.69, 9.17) is 4.74 Å². The van der Waals surface area contributed by atoms with Crippen molar-refractivity contribution in [3.05, 3.63) is 111 Å². The van der Waals surface area contributed by atoms with E-state index in [1.54, 1.807) is 0 Å². The molecule has 37 heavy (non-hydrogen) atoms. The summed E-state index contributed by atoms with van der Waals surface area (Å²) in [5, 5.41) is 13.7. The minimum absolute atomic E-state index is 0. The number of carbonyl (C=O) groups is 2. The maximum atomic E-state index is 14.4. The molecule has 10 radical (unpaired) electrons. The van der Waals surface area contributed by atoms with E-state index >= 15 is 0 Å². The number of ketones is 1. The molecule has 3 aliphatic carbocycles. The molecule has 188 valence electrons. The van der Waals surface area contributed by atoms with Gasteiger partial charge in [-0.25, -0.2) is 0 Å². The summed E-state index contributed by atoms with van der Waals surface area (Å²) in [6, 6.07) is 11.7. The number of aliphatic hydroxyl groups is 1. The van der Waals surface area contributed by atoms with Gasteiger partial charge in [-0.2, -0.15) is 0 Å². The molecule has 2 aromatic carbocycles. The van der Waals surface area contributed by atoms with Gasteiger partial charge in [0, 0.05) is 17.5 Å². The molecular weight excluding hydrogens is 506 g/mol. The SMILES string of the molecule is COC(=O)[C@]1([C@H](O)[C]2[CH][CH][CH][CH]2)CC2CCCN2[C@@]12C(=O)c1cccc3cccc2c13.[CH]1[CH][CH][CH][CH]1.[Fe+2]. The van der Waals surface area contributed by atoms with Crippen LogP contribution in [0.3, 0.4) is 0 Å². The zero-order valence-corrected chi connectivity index (χ0v) is 21.7. The van der Waals surface area contributed by atoms with Crippen LogP contribution in [0.1, 0.15) is 35.2 Å². The maximum absolute atomic E-state index is 14.4. The molecule has 4 atom stereocenters. The van der Waals surface area contributed by atoms with E-state index in [2.05, 4.69) is 4.90 Å². The van der Waals surface area contributed by atoms with Crippen molar-refractivity contribution in [3.63, 3.8) is 0 Å². The Morgan fingerprint density at radius 2 is 1.68 bits per heavy atom. The van der Waals surface area contributed by atoms with Crippen molar-refractivity contribution < 1.29 is 36.5 Å². The van der Waals surface area contributed by atoms with Gasteiger partial charge in [0.25, 0.3) is 0 Å². The fourth-order valence-corrected chi connectivity index (χ4v) is 7.15. The van der Waals surface area contributed by atoms with Gasteiger partial charge in [-0.3, -0.25) is 14.5 Å². The van der Waals surface area contributed by atoms with Gasteiger partial charge >= 0.3 is 23.0 Å². The second-order valence-corrected chi connectivity index (χ2v) is 9.99. The first-order valence-electron chi connectivity index (χ1n) is 12.6. The maximum Gasteiger partial charge on any atom is 2.00 e. The zero-order valence-electron chi connectivity index (χ0n) is 20.6. The summed E-state index contributed by atoms with van der Waals surface area (Å²) < 4.78 is 5.37. The molecule has 1 unspecified atom stereocenters. The Morgan fingerprint density at radius 1 is 1.03 bits per heavy atom. The number of methoxy groups -OCH3 is 1. The van der Waals surface area contributed by atoms with Crippen molar-refractivity contribution in [2.24, 2.45) is 5.41 Å². The molecule has 0 amide bonds. The van der Waals surface area contributed by atoms with Crippen LogP contribution < -0.4 is 0 Å². The first kappa shape index (κ1) is 26.9. The van der Waals surface area contributed by atoms with Gasteiger partial charge in [-0.15, -0.1) is 0 Å². The van der Waals surface area contributed by atoms with Crippen LogP contribution in [0.15, 0.2) is 36.4 Å². The largest absolute Gasteiger partial charge is 2.00 e. The van der Waals surface area contributed by atoms with Gasteiger partial charge in [0.15, 0.2) is 5.78 Å². The summed E-state index contributed by atoms with van der Waals surface area (Å²) in [4.78, 5) is 30.3. The number of carbonyl (C=O) groups excluding carboxylic acids is 2. The second kappa shape index (κ2) is 10.4. The van der Waals surface area contributed by atoms with E-state index in [-0.39, 0.29) is 28.9 Å². The van der Waals surface area contributed by atoms with Gasteiger partial charge in [0.05, 0.1) is 13.2 Å². The third kappa shape index (κ3) is 3.70. The molecular formula is C31H29FeNO4+2. The van der Waals surface area contributed by atoms with Gasteiger partial charge in [-0.05, 0) is 99.9 Å². The van der Waals surface area contributed by atoms with E-state index in [0.29, 0.717) is 24.4 Å². The van der Waals surface area contributed by atoms with Crippen LogP contribution in [-0.4, -0.2) is 47.6 Å². The Morgan fingerprint density at radius 3 is 2.32 bits per heavy atom. The molecule has 2 aromatic rings. The molecule has 2 saturated heterocycles. The topological polar surface area (TPSA) is 66.8 Å². The minimum atomic E-state index is -1.43. The Balaban J connectivity index is 0.000000421. The number of benzene rings is 2. The normalized spacial score (nSPS) is 31.3. The fraction of sp³-hybridized carbons (Fsp3) is 0.290. The molecule has 2 saturated carbocycles. The van der Waals surface area contributed by atoms with Crippen LogP contribution in [0.2, 0.25) is 0 Å². The summed E-state index contributed by atoms with van der Waals surface area (Å²) in [7, 11) is 1.35. The van der Waals surface area contributed by atoms with Crippen LogP contribution in [-0.2, 0) is 32.1 Å². The predicted molar refractivity (Wildman–Crippen MR) is 137 cm³/mol. The summed E-state index contributed by atoms with van der Waals surface area (Å²) in [5.74, 6) is 0.0235. The molecule has 0 aromatic heterocycles. The zero-order chi connectivity index (χ0) is 24.9. The molecule has 2 aliphatic heterocycles. The number of aliphatic hydroxyl groups excluding tert-OH is 1. The molecule has 2 heterocycles. The monoisotopic (exact) mass is 535 g/mol. The molecule has 1 spiro atoms. The van der Waals surface area contributed by atoms with Gasteiger partial charge in [0.1, 0.15) is 11.0 Å². The first-order valence-corrected chi connectivity index (χ1v) is 12.6. The predicted octanol–water partition coefficient (Wildman–Crippen LogP) is 4.04. The number of Topliss-reactive ketones (excluding diaryl/α,β-unsaturated/α-hetero) is 1. The van der Waals surface area contributed by atoms with Crippen LogP contribution >= 0.6 is 0 Å². The number of ether oxygens (including phenoxy) is 1. The Hall–Kier alpha value is -1.72. The Kier molecular flexibility index (Phi) is 7.59. The van der Waals surface area contributed by atoms with Crippen molar-refractivity contribution in [1.29, 1.82) is 0 Å². The average molecular weight is 535 g/mol. The van der Waals surface area contributed by atoms with Crippen LogP contribution in [0.5, 0.6) is 0 Å². The summed E-state index contributed by atoms with van der Waals surface area (Å²) >= 11 is 0. The molecule has 0 bridgehead atoms. The van der Waals surface area contributed by atoms with E-state index in [9.17, 15) is 14.7 Å². The fourth-order valence-electron chi connectivity index (χ4n) is 7.15. The second-order valence-electron chi connectivity index (χ2n) is 9.99. The number of hydrogen-bond donors (Lipinski definition) is 1. The standard InChI is InChI=1S/C26H24NO4.C5H5.Fe/c1-31-24(30)25(22(28)17-7-2-3-8-17)15-18-11-6-14-27(18)26(25)20-13-5-10-16-9-4-12-19(21(16)20)23(26)29;1-2-4-5-3-1;/h2-5,7-10,12-13,18,22,28H,6,11,14-15H2,1H3;1-5H;/q;;+2/t18?,22-,25-,26+;;/m1../s1. The summed E-state index contributed by atoms with van der Waals surface area (Å²) in [6.07, 6.45) is 18.4. The summed E-state index contributed by atoms with van der Waals surface area (Å²) in [5.41, 5.74) is -1.25. The Labute approximate surface area is 230 Å². The van der Waals surface area contributed by atoms with Crippen LogP contribution in [0.25, 0.3) is 10.8 Å². The van der Waals surface area contributed by atoms with Crippen molar-refractivity contribution >= 4 is 22.5 Å². The van der Waals surface area contributed by atoms with Crippen molar-refractivity contribution in [2.75, 3.05) is 13.7 Å². The van der Waals surface area contributed by atoms with Gasteiger partial charge in [-0.1, -0.05) is 36.4 Å². The van der Waals surface area contributed by atoms with Crippen LogP contribution in [0.4, 0.5) is 0 Å². The molecule has 5 nitrogen and oxygen atoms in total. The van der Waals surface area contributed by atoms with Crippen molar-refractivity contribution in [2.45, 2.75) is 36.9 Å². The number of hydrogen-bond acceptors (Lipinski definition) is 5.